The number of nitrogens with zero attached hydrogens (tertiary/aromatic N) is 1. The van der Waals surface area contributed by atoms with E-state index in [2.05, 4.69) is 0 Å². The minimum absolute atomic E-state index is 0.130. The van der Waals surface area contributed by atoms with Crippen molar-refractivity contribution in [3.8, 4) is 0 Å². The second-order valence-corrected chi connectivity index (χ2v) is 5.15. The Kier molecular flexibility index (Phi) is 4.00. The molecule has 0 radical (unpaired) electrons. The molecule has 0 spiro atoms. The third-order valence-electron chi connectivity index (χ3n) is 3.51. The molecule has 0 aliphatic carbocycles. The molecule has 2 unspecified atom stereocenters. The van der Waals surface area contributed by atoms with E-state index in [-0.39, 0.29) is 23.8 Å². The Morgan fingerprint density at radius 3 is 2.11 bits per heavy atom. The van der Waals surface area contributed by atoms with Gasteiger partial charge in [0.05, 0.1) is 17.2 Å². The molecule has 0 fully saturated rings. The summed E-state index contributed by atoms with van der Waals surface area (Å²) in [5.74, 6) is -0.146. The lowest BCUT2D eigenvalue weighted by Gasteiger charge is -2.21. The van der Waals surface area contributed by atoms with Gasteiger partial charge in [0, 0.05) is 13.7 Å². The molecule has 0 aromatic heterocycles. The molecule has 0 N–H and O–H groups in total. The van der Waals surface area contributed by atoms with Crippen LogP contribution in [0, 0.1) is 5.92 Å². The van der Waals surface area contributed by atoms with Gasteiger partial charge in [-0.3, -0.25) is 14.5 Å². The van der Waals surface area contributed by atoms with E-state index in [1.165, 1.54) is 4.90 Å². The Balaban J connectivity index is 2.08. The summed E-state index contributed by atoms with van der Waals surface area (Å²) in [6.07, 6.45) is 0.953. The zero-order valence-corrected chi connectivity index (χ0v) is 11.6. The van der Waals surface area contributed by atoms with Crippen molar-refractivity contribution >= 4 is 11.8 Å². The van der Waals surface area contributed by atoms with Gasteiger partial charge in [-0.1, -0.05) is 19.1 Å². The van der Waals surface area contributed by atoms with E-state index in [1.807, 2.05) is 13.8 Å². The quantitative estimate of drug-likeness (QED) is 0.764. The van der Waals surface area contributed by atoms with E-state index in [4.69, 9.17) is 4.74 Å². The Morgan fingerprint density at radius 1 is 1.11 bits per heavy atom. The fourth-order valence-corrected chi connectivity index (χ4v) is 2.45. The van der Waals surface area contributed by atoms with Gasteiger partial charge in [-0.25, -0.2) is 0 Å². The van der Waals surface area contributed by atoms with Gasteiger partial charge in [0.25, 0.3) is 11.8 Å². The van der Waals surface area contributed by atoms with Crippen molar-refractivity contribution < 1.29 is 14.3 Å². The van der Waals surface area contributed by atoms with E-state index in [0.29, 0.717) is 17.7 Å². The molecular weight excluding hydrogens is 242 g/mol. The molecule has 1 aromatic rings. The van der Waals surface area contributed by atoms with E-state index in [9.17, 15) is 9.59 Å². The molecule has 1 aliphatic heterocycles. The van der Waals surface area contributed by atoms with Crippen LogP contribution in [0.3, 0.4) is 0 Å². The van der Waals surface area contributed by atoms with Gasteiger partial charge in [0.15, 0.2) is 0 Å². The highest BCUT2D eigenvalue weighted by Gasteiger charge is 2.35. The van der Waals surface area contributed by atoms with Gasteiger partial charge in [0.2, 0.25) is 0 Å². The molecule has 102 valence electrons. The third-order valence-corrected chi connectivity index (χ3v) is 3.51. The van der Waals surface area contributed by atoms with Crippen LogP contribution >= 0.6 is 0 Å². The zero-order valence-electron chi connectivity index (χ0n) is 11.6. The summed E-state index contributed by atoms with van der Waals surface area (Å²) in [6.45, 7) is 4.46. The first-order chi connectivity index (χ1) is 9.04. The summed E-state index contributed by atoms with van der Waals surface area (Å²) in [4.78, 5) is 25.7. The molecule has 0 bridgehead atoms. The van der Waals surface area contributed by atoms with Gasteiger partial charge >= 0.3 is 0 Å². The SMILES string of the molecule is COC(C)CC(C)CN1C(=O)c2ccccc2C1=O. The number of hydrogen-bond acceptors (Lipinski definition) is 3. The molecular formula is C15H19NO3. The maximum atomic E-state index is 12.2. The van der Waals surface area contributed by atoms with Gasteiger partial charge in [-0.2, -0.15) is 0 Å². The fraction of sp³-hybridized carbons (Fsp3) is 0.467. The standard InChI is InChI=1S/C15H19NO3/c1-10(8-11(2)19-3)9-16-14(17)12-6-4-5-7-13(12)15(16)18/h4-7,10-11H,8-9H2,1-3H3. The van der Waals surface area contributed by atoms with Crippen LogP contribution in [-0.2, 0) is 4.74 Å². The normalized spacial score (nSPS) is 17.5. The van der Waals surface area contributed by atoms with Gasteiger partial charge in [-0.05, 0) is 31.4 Å². The van der Waals surface area contributed by atoms with Crippen molar-refractivity contribution in [2.75, 3.05) is 13.7 Å². The Morgan fingerprint density at radius 2 is 1.63 bits per heavy atom. The molecule has 4 heteroatoms. The first kappa shape index (κ1) is 13.7. The van der Waals surface area contributed by atoms with Crippen LogP contribution in [0.5, 0.6) is 0 Å². The summed E-state index contributed by atoms with van der Waals surface area (Å²) in [6, 6.07) is 6.98. The number of amides is 2. The van der Waals surface area contributed by atoms with Gasteiger partial charge < -0.3 is 4.74 Å². The van der Waals surface area contributed by atoms with Crippen LogP contribution in [0.4, 0.5) is 0 Å². The largest absolute Gasteiger partial charge is 0.382 e. The highest BCUT2D eigenvalue weighted by molar-refractivity contribution is 6.21. The summed E-state index contributed by atoms with van der Waals surface area (Å²) >= 11 is 0. The molecule has 2 amide bonds. The van der Waals surface area contributed by atoms with Crippen LogP contribution in [0.15, 0.2) is 24.3 Å². The number of ether oxygens (including phenoxy) is 1. The maximum Gasteiger partial charge on any atom is 0.261 e. The zero-order chi connectivity index (χ0) is 14.0. The van der Waals surface area contributed by atoms with Crippen molar-refractivity contribution in [1.82, 2.24) is 4.90 Å². The summed E-state index contributed by atoms with van der Waals surface area (Å²) in [5.41, 5.74) is 1.03. The summed E-state index contributed by atoms with van der Waals surface area (Å²) in [7, 11) is 1.67. The minimum Gasteiger partial charge on any atom is -0.382 e. The van der Waals surface area contributed by atoms with Crippen molar-refractivity contribution in [1.29, 1.82) is 0 Å². The lowest BCUT2D eigenvalue weighted by molar-refractivity contribution is 0.0583. The average molecular weight is 261 g/mol. The van der Waals surface area contributed by atoms with Crippen molar-refractivity contribution in [2.24, 2.45) is 5.92 Å². The highest BCUT2D eigenvalue weighted by atomic mass is 16.5. The molecule has 1 heterocycles. The number of benzene rings is 1. The molecule has 1 aromatic carbocycles. The van der Waals surface area contributed by atoms with Crippen LogP contribution < -0.4 is 0 Å². The maximum absolute atomic E-state index is 12.2. The molecule has 2 rings (SSSR count). The van der Waals surface area contributed by atoms with Crippen LogP contribution in [-0.4, -0.2) is 36.5 Å². The molecule has 4 nitrogen and oxygen atoms in total. The van der Waals surface area contributed by atoms with Crippen LogP contribution in [0.2, 0.25) is 0 Å². The topological polar surface area (TPSA) is 46.6 Å². The predicted octanol–water partition coefficient (Wildman–Crippen LogP) is 2.34. The van der Waals surface area contributed by atoms with E-state index >= 15 is 0 Å². The number of rotatable bonds is 5. The van der Waals surface area contributed by atoms with Gasteiger partial charge in [0.1, 0.15) is 0 Å². The minimum atomic E-state index is -0.183. The number of carbonyl (C=O) groups is 2. The molecule has 1 aliphatic rings. The first-order valence-electron chi connectivity index (χ1n) is 6.52. The number of carbonyl (C=O) groups excluding carboxylic acids is 2. The Bertz CT molecular complexity index is 463. The van der Waals surface area contributed by atoms with Gasteiger partial charge in [-0.15, -0.1) is 0 Å². The van der Waals surface area contributed by atoms with E-state index in [0.717, 1.165) is 6.42 Å². The van der Waals surface area contributed by atoms with Crippen LogP contribution in [0.25, 0.3) is 0 Å². The highest BCUT2D eigenvalue weighted by Crippen LogP contribution is 2.24. The number of hydrogen-bond donors (Lipinski definition) is 0. The number of imide groups is 1. The van der Waals surface area contributed by atoms with E-state index in [1.54, 1.807) is 31.4 Å². The number of fused-ring (bicyclic) bond motifs is 1. The second kappa shape index (κ2) is 5.53. The summed E-state index contributed by atoms with van der Waals surface area (Å²) < 4.78 is 5.21. The van der Waals surface area contributed by atoms with E-state index < -0.39 is 0 Å². The lowest BCUT2D eigenvalue weighted by Crippen LogP contribution is -2.34. The predicted molar refractivity (Wildman–Crippen MR) is 72.1 cm³/mol. The second-order valence-electron chi connectivity index (χ2n) is 5.15. The molecule has 0 saturated heterocycles. The monoisotopic (exact) mass is 261 g/mol. The fourth-order valence-electron chi connectivity index (χ4n) is 2.45. The van der Waals surface area contributed by atoms with Crippen molar-refractivity contribution in [3.63, 3.8) is 0 Å². The third kappa shape index (κ3) is 2.68. The Labute approximate surface area is 113 Å². The van der Waals surface area contributed by atoms with Crippen LogP contribution in [0.1, 0.15) is 41.0 Å². The lowest BCUT2D eigenvalue weighted by atomic mass is 10.0. The first-order valence-corrected chi connectivity index (χ1v) is 6.52. The van der Waals surface area contributed by atoms with Crippen molar-refractivity contribution in [3.05, 3.63) is 35.4 Å². The number of methoxy groups -OCH3 is 1. The Hall–Kier alpha value is -1.68. The molecule has 0 saturated carbocycles. The smallest absolute Gasteiger partial charge is 0.261 e. The molecule has 19 heavy (non-hydrogen) atoms. The van der Waals surface area contributed by atoms with Crippen molar-refractivity contribution in [2.45, 2.75) is 26.4 Å². The average Bonchev–Trinajstić information content (AvgIpc) is 2.64. The summed E-state index contributed by atoms with van der Waals surface area (Å²) in [5, 5.41) is 0. The molecule has 2 atom stereocenters.